The van der Waals surface area contributed by atoms with E-state index in [0.717, 1.165) is 20.8 Å². The number of hydrogen-bond acceptors (Lipinski definition) is 8. The molecule has 0 unspecified atom stereocenters. The van der Waals surface area contributed by atoms with Crippen molar-refractivity contribution in [2.24, 2.45) is 9.98 Å². The summed E-state index contributed by atoms with van der Waals surface area (Å²) in [7, 11) is 3.26. The molecule has 36 heavy (non-hydrogen) atoms. The van der Waals surface area contributed by atoms with Crippen molar-refractivity contribution in [1.29, 1.82) is 0 Å². The highest BCUT2D eigenvalue weighted by molar-refractivity contribution is 6.01. The monoisotopic (exact) mass is 519 g/mol. The number of amides is 2. The molecule has 0 aromatic heterocycles. The number of ether oxygens (including phenoxy) is 1. The molecular formula is C23H29F4N3O6. The Morgan fingerprint density at radius 2 is 1.17 bits per heavy atom. The van der Waals surface area contributed by atoms with Crippen molar-refractivity contribution in [1.82, 2.24) is 5.06 Å². The predicted molar refractivity (Wildman–Crippen MR) is 124 cm³/mol. The topological polar surface area (TPSA) is 115 Å². The Bertz CT molecular complexity index is 957. The Morgan fingerprint density at radius 1 is 0.833 bits per heavy atom. The lowest BCUT2D eigenvalue weighted by Gasteiger charge is -2.09. The summed E-state index contributed by atoms with van der Waals surface area (Å²) in [6.45, 7) is 13.2. The van der Waals surface area contributed by atoms with Gasteiger partial charge in [-0.3, -0.25) is 14.4 Å². The van der Waals surface area contributed by atoms with E-state index >= 15 is 0 Å². The molecule has 200 valence electrons. The van der Waals surface area contributed by atoms with Gasteiger partial charge in [0.2, 0.25) is 17.4 Å². The number of rotatable bonds is 2. The van der Waals surface area contributed by atoms with Crippen LogP contribution in [0.2, 0.25) is 0 Å². The Hall–Kier alpha value is -4.08. The predicted octanol–water partition coefficient (Wildman–Crippen LogP) is 4.06. The maximum absolute atomic E-state index is 13.0. The molecule has 1 aliphatic heterocycles. The van der Waals surface area contributed by atoms with Crippen molar-refractivity contribution in [3.8, 4) is 5.75 Å². The molecule has 0 bridgehead atoms. The van der Waals surface area contributed by atoms with E-state index < -0.39 is 58.3 Å². The molecule has 1 aromatic carbocycles. The van der Waals surface area contributed by atoms with Crippen molar-refractivity contribution in [2.75, 3.05) is 14.1 Å². The van der Waals surface area contributed by atoms with Crippen LogP contribution >= 0.6 is 0 Å². The molecule has 0 N–H and O–H groups in total. The van der Waals surface area contributed by atoms with Crippen LogP contribution in [-0.2, 0) is 24.0 Å². The van der Waals surface area contributed by atoms with Gasteiger partial charge in [0.25, 0.3) is 11.8 Å². The van der Waals surface area contributed by atoms with Crippen LogP contribution in [0, 0.1) is 30.2 Å². The summed E-state index contributed by atoms with van der Waals surface area (Å²) < 4.78 is 55.9. The van der Waals surface area contributed by atoms with Gasteiger partial charge in [-0.25, -0.2) is 23.6 Å². The Labute approximate surface area is 206 Å². The molecule has 13 heteroatoms. The van der Waals surface area contributed by atoms with Gasteiger partial charge in [0.1, 0.15) is 0 Å². The number of benzene rings is 1. The van der Waals surface area contributed by atoms with Gasteiger partial charge < -0.3 is 9.57 Å². The minimum absolute atomic E-state index is 0.131. The van der Waals surface area contributed by atoms with Crippen LogP contribution in [0.1, 0.15) is 46.1 Å². The van der Waals surface area contributed by atoms with Crippen molar-refractivity contribution < 1.29 is 46.3 Å². The summed E-state index contributed by atoms with van der Waals surface area (Å²) in [5.41, 5.74) is -0.805. The molecule has 2 amide bonds. The van der Waals surface area contributed by atoms with Crippen LogP contribution in [0.25, 0.3) is 0 Å². The van der Waals surface area contributed by atoms with Gasteiger partial charge >= 0.3 is 11.9 Å². The first-order valence-corrected chi connectivity index (χ1v) is 10.1. The third-order valence-corrected chi connectivity index (χ3v) is 3.23. The third-order valence-electron chi connectivity index (χ3n) is 3.23. The number of esters is 1. The van der Waals surface area contributed by atoms with Crippen LogP contribution in [0.3, 0.4) is 0 Å². The van der Waals surface area contributed by atoms with E-state index in [1.54, 1.807) is 14.1 Å². The summed E-state index contributed by atoms with van der Waals surface area (Å²) in [6.07, 6.45) is 0.262. The van der Waals surface area contributed by atoms with Gasteiger partial charge in [-0.2, -0.15) is 8.78 Å². The highest BCUT2D eigenvalue weighted by Gasteiger charge is 2.31. The normalized spacial score (nSPS) is 10.7. The summed E-state index contributed by atoms with van der Waals surface area (Å²) in [5.74, 6) is -5.99. The van der Waals surface area contributed by atoms with Gasteiger partial charge in [0.05, 0.1) is 0 Å². The first-order chi connectivity index (χ1) is 16.8. The number of hydrogen-bond donors (Lipinski definition) is 0. The molecule has 0 spiro atoms. The fraction of sp³-hybridized carbons (Fsp3) is 0.391. The third kappa shape index (κ3) is 13.6. The summed E-state index contributed by atoms with van der Waals surface area (Å²) >= 11 is 0. The zero-order valence-electron chi connectivity index (χ0n) is 21.1. The Morgan fingerprint density at radius 3 is 1.42 bits per heavy atom. The van der Waals surface area contributed by atoms with Crippen molar-refractivity contribution >= 4 is 35.5 Å². The van der Waals surface area contributed by atoms with Gasteiger partial charge in [-0.05, 0) is 31.8 Å². The maximum atomic E-state index is 13.0. The van der Waals surface area contributed by atoms with E-state index in [0.29, 0.717) is 5.06 Å². The minimum Gasteiger partial charge on any atom is -0.420 e. The number of carbonyl (C=O) groups excluding carboxylic acids is 4. The number of nitrogens with zero attached hydrogens (tertiary/aromatic N) is 3. The van der Waals surface area contributed by atoms with Crippen LogP contribution < -0.4 is 4.74 Å². The second kappa shape index (κ2) is 20.3. The molecule has 1 aliphatic rings. The summed E-state index contributed by atoms with van der Waals surface area (Å²) in [6, 6.07) is 0. The molecular weight excluding hydrogens is 490 g/mol. The van der Waals surface area contributed by atoms with Crippen LogP contribution in [-0.4, -0.2) is 54.7 Å². The lowest BCUT2D eigenvalue weighted by molar-refractivity contribution is -0.195. The fourth-order valence-corrected chi connectivity index (χ4v) is 1.74. The van der Waals surface area contributed by atoms with Gasteiger partial charge in [-0.15, -0.1) is 5.06 Å². The number of aliphatic imine (C=N–C) groups is 2. The first-order valence-electron chi connectivity index (χ1n) is 10.1. The number of imide groups is 1. The Kier molecular flexibility index (Phi) is 20.6. The zero-order valence-corrected chi connectivity index (χ0v) is 21.1. The number of halogens is 4. The lowest BCUT2D eigenvalue weighted by atomic mass is 10.2. The summed E-state index contributed by atoms with van der Waals surface area (Å²) in [5, 5.41) is 0.516. The first kappa shape index (κ1) is 36.5. The minimum atomic E-state index is -1.72. The molecule has 9 nitrogen and oxygen atoms in total. The molecule has 0 radical (unpaired) electrons. The van der Waals surface area contributed by atoms with Crippen molar-refractivity contribution in [3.63, 3.8) is 0 Å². The molecule has 2 rings (SSSR count). The zero-order chi connectivity index (χ0) is 29.0. The standard InChI is InChI=1S/C9H6F4O2.C6H7NO4.2C3H5N.C2H6/c1-3-5(10)7(12)9(15-4(2)14)8(13)6(3)11;1-4(8)11-7-5(9)2-3-6(7)10;2*1-3-4-2;1-2/h1-2H3;2-3H2,1H3;2*1H2,2H3;1-2H3. The molecule has 0 saturated carbocycles. The van der Waals surface area contributed by atoms with Crippen molar-refractivity contribution in [3.05, 3.63) is 42.0 Å². The Balaban J connectivity index is -0.000000452. The molecule has 1 fully saturated rings. The van der Waals surface area contributed by atoms with E-state index in [4.69, 9.17) is 0 Å². The second-order valence-electron chi connectivity index (χ2n) is 5.73. The quantitative estimate of drug-likeness (QED) is 0.145. The summed E-state index contributed by atoms with van der Waals surface area (Å²) in [4.78, 5) is 53.3. The second-order valence-corrected chi connectivity index (χ2v) is 5.73. The average Bonchev–Trinajstić information content (AvgIpc) is 3.17. The van der Waals surface area contributed by atoms with Crippen LogP contribution in [0.15, 0.2) is 23.1 Å². The highest BCUT2D eigenvalue weighted by Crippen LogP contribution is 2.29. The van der Waals surface area contributed by atoms with Gasteiger partial charge in [-0.1, -0.05) is 13.8 Å². The van der Waals surface area contributed by atoms with Crippen molar-refractivity contribution in [2.45, 2.75) is 47.5 Å². The van der Waals surface area contributed by atoms with E-state index in [9.17, 15) is 36.7 Å². The van der Waals surface area contributed by atoms with Gasteiger partial charge in [0.15, 0.2) is 11.6 Å². The van der Waals surface area contributed by atoms with E-state index in [1.807, 2.05) is 13.8 Å². The van der Waals surface area contributed by atoms with Gasteiger partial charge in [0, 0.05) is 46.3 Å². The fourth-order valence-electron chi connectivity index (χ4n) is 1.74. The van der Waals surface area contributed by atoms with E-state index in [-0.39, 0.29) is 12.8 Å². The lowest BCUT2D eigenvalue weighted by Crippen LogP contribution is -2.30. The van der Waals surface area contributed by atoms with E-state index in [2.05, 4.69) is 44.5 Å². The molecule has 1 aromatic rings. The molecule has 1 saturated heterocycles. The van der Waals surface area contributed by atoms with E-state index in [1.165, 1.54) is 0 Å². The maximum Gasteiger partial charge on any atom is 0.330 e. The average molecular weight is 519 g/mol. The SMILES string of the molecule is C=C=NC.C=C=NC.CC.CC(=O)ON1C(=O)CCC1=O.CC(=O)Oc1c(F)c(F)c(C)c(F)c1F. The smallest absolute Gasteiger partial charge is 0.330 e. The number of hydroxylamine groups is 2. The molecule has 1 heterocycles. The largest absolute Gasteiger partial charge is 0.420 e. The molecule has 0 aliphatic carbocycles. The number of carbonyl (C=O) groups is 4. The highest BCUT2D eigenvalue weighted by atomic mass is 19.2. The molecule has 0 atom stereocenters. The van der Waals surface area contributed by atoms with Crippen LogP contribution in [0.4, 0.5) is 17.6 Å². The van der Waals surface area contributed by atoms with Crippen LogP contribution in [0.5, 0.6) is 5.75 Å².